The van der Waals surface area contributed by atoms with Crippen LogP contribution in [-0.4, -0.2) is 77.0 Å². The summed E-state index contributed by atoms with van der Waals surface area (Å²) in [5.74, 6) is -3.06. The monoisotopic (exact) mass is 577 g/mol. The van der Waals surface area contributed by atoms with Gasteiger partial charge in [-0.3, -0.25) is 14.4 Å². The highest BCUT2D eigenvalue weighted by Crippen LogP contribution is 2.52. The third-order valence-electron chi connectivity index (χ3n) is 8.04. The molecule has 0 aromatic heterocycles. The van der Waals surface area contributed by atoms with E-state index >= 15 is 0 Å². The number of rotatable bonds is 5. The number of halogens is 1. The molecule has 5 N–H and O–H groups in total. The number of carbonyl (C=O) groups is 3. The number of carbonyl (C=O) groups excluding carboxylic acids is 3. The van der Waals surface area contributed by atoms with Crippen molar-refractivity contribution in [3.8, 4) is 17.2 Å². The molecule has 1 fully saturated rings. The van der Waals surface area contributed by atoms with Crippen molar-refractivity contribution >= 4 is 29.8 Å². The SMILES string of the molecule is COc1cccc2c1C(=O)c1c(O)c3c(c(O)c1C2=O)C[C@@](O)(C(C)=O)C[C@@H]3O[C@H]1C[C@H](N)[C@H](OC)[C@H](C)O1.Cl. The quantitative estimate of drug-likeness (QED) is 0.327. The van der Waals surface area contributed by atoms with E-state index in [0.717, 1.165) is 0 Å². The van der Waals surface area contributed by atoms with Gasteiger partial charge >= 0.3 is 0 Å². The molecular weight excluding hydrogens is 546 g/mol. The second-order valence-electron chi connectivity index (χ2n) is 10.3. The molecule has 0 radical (unpaired) electrons. The topological polar surface area (TPSA) is 175 Å². The van der Waals surface area contributed by atoms with Crippen LogP contribution in [0.15, 0.2) is 18.2 Å². The predicted molar refractivity (Wildman–Crippen MR) is 142 cm³/mol. The van der Waals surface area contributed by atoms with Crippen molar-refractivity contribution in [1.82, 2.24) is 0 Å². The molecule has 1 aliphatic heterocycles. The minimum absolute atomic E-state index is 0. The van der Waals surface area contributed by atoms with E-state index in [-0.39, 0.29) is 59.4 Å². The number of ketones is 3. The van der Waals surface area contributed by atoms with Crippen LogP contribution in [0.25, 0.3) is 0 Å². The van der Waals surface area contributed by atoms with E-state index in [1.54, 1.807) is 6.92 Å². The maximum atomic E-state index is 13.7. The molecule has 0 spiro atoms. The van der Waals surface area contributed by atoms with Gasteiger partial charge in [0.05, 0.1) is 42.1 Å². The number of phenolic OH excluding ortho intramolecular Hbond substituents is 2. The normalized spacial score (nSPS) is 29.1. The molecule has 6 atom stereocenters. The zero-order valence-corrected chi connectivity index (χ0v) is 23.2. The zero-order valence-electron chi connectivity index (χ0n) is 22.4. The molecule has 0 amide bonds. The van der Waals surface area contributed by atoms with Gasteiger partial charge in [-0.1, -0.05) is 12.1 Å². The minimum Gasteiger partial charge on any atom is -0.507 e. The molecular formula is C28H32ClNO10. The third-order valence-corrected chi connectivity index (χ3v) is 8.04. The molecule has 2 aromatic rings. The summed E-state index contributed by atoms with van der Waals surface area (Å²) < 4.78 is 22.8. The minimum atomic E-state index is -1.98. The van der Waals surface area contributed by atoms with Crippen LogP contribution in [0.1, 0.15) is 75.8 Å². The van der Waals surface area contributed by atoms with Gasteiger partial charge in [-0.05, 0) is 19.9 Å². The summed E-state index contributed by atoms with van der Waals surface area (Å²) in [5, 5.41) is 34.2. The standard InChI is InChI=1S/C28H31NO10.ClH/c1-11-27(37-4)15(29)8-18(38-11)39-17-10-28(35,12(2)30)9-14-20(17)26(34)22-21(24(14)32)23(31)13-6-5-7-16(36-3)19(13)25(22)33;/h5-7,11,15,17-18,27,32,34-35H,8-10,29H2,1-4H3;1H/t11-,15-,17-,18-,27+,28-;/m0./s1. The Morgan fingerprint density at radius 1 is 1.10 bits per heavy atom. The fourth-order valence-electron chi connectivity index (χ4n) is 6.02. The number of Topliss-reactive ketones (excluding diaryl/α,β-unsaturated/α-hetero) is 1. The second kappa shape index (κ2) is 10.7. The largest absolute Gasteiger partial charge is 0.507 e. The summed E-state index contributed by atoms with van der Waals surface area (Å²) in [4.78, 5) is 39.7. The summed E-state index contributed by atoms with van der Waals surface area (Å²) in [6.07, 6.45) is -3.43. The maximum Gasteiger partial charge on any atom is 0.202 e. The smallest absolute Gasteiger partial charge is 0.202 e. The van der Waals surface area contributed by atoms with Gasteiger partial charge in [0.25, 0.3) is 0 Å². The first-order valence-electron chi connectivity index (χ1n) is 12.6. The maximum absolute atomic E-state index is 13.7. The second-order valence-corrected chi connectivity index (χ2v) is 10.3. The molecule has 0 saturated carbocycles. The lowest BCUT2D eigenvalue weighted by molar-refractivity contribution is -0.250. The Kier molecular flexibility index (Phi) is 8.03. The average molecular weight is 578 g/mol. The Balaban J connectivity index is 0.00000370. The van der Waals surface area contributed by atoms with Gasteiger partial charge in [-0.2, -0.15) is 0 Å². The van der Waals surface area contributed by atoms with Gasteiger partial charge in [-0.15, -0.1) is 12.4 Å². The number of hydrogen-bond acceptors (Lipinski definition) is 11. The lowest BCUT2D eigenvalue weighted by atomic mass is 9.72. The summed E-state index contributed by atoms with van der Waals surface area (Å²) in [5.41, 5.74) is 3.36. The van der Waals surface area contributed by atoms with Crippen LogP contribution in [-0.2, 0) is 25.4 Å². The summed E-state index contributed by atoms with van der Waals surface area (Å²) in [6.45, 7) is 2.96. The Hall–Kier alpha value is -3.06. The number of benzene rings is 2. The van der Waals surface area contributed by atoms with Crippen LogP contribution in [0, 0.1) is 0 Å². The van der Waals surface area contributed by atoms with Gasteiger partial charge in [0.15, 0.2) is 17.9 Å². The fourth-order valence-corrected chi connectivity index (χ4v) is 6.02. The number of aliphatic hydroxyl groups is 1. The first-order chi connectivity index (χ1) is 18.4. The summed E-state index contributed by atoms with van der Waals surface area (Å²) in [7, 11) is 2.87. The Bertz CT molecular complexity index is 1380. The lowest BCUT2D eigenvalue weighted by Crippen LogP contribution is -2.53. The number of methoxy groups -OCH3 is 2. The lowest BCUT2D eigenvalue weighted by Gasteiger charge is -2.42. The van der Waals surface area contributed by atoms with Gasteiger partial charge in [0.1, 0.15) is 22.8 Å². The third kappa shape index (κ3) is 4.47. The highest BCUT2D eigenvalue weighted by atomic mass is 35.5. The molecule has 12 heteroatoms. The van der Waals surface area contributed by atoms with Gasteiger partial charge in [0, 0.05) is 49.1 Å². The van der Waals surface area contributed by atoms with Crippen molar-refractivity contribution in [2.45, 2.75) is 69.4 Å². The Morgan fingerprint density at radius 2 is 1.77 bits per heavy atom. The number of nitrogens with two attached hydrogens (primary N) is 1. The van der Waals surface area contributed by atoms with E-state index in [0.29, 0.717) is 0 Å². The van der Waals surface area contributed by atoms with Crippen LogP contribution in [0.5, 0.6) is 17.2 Å². The van der Waals surface area contributed by atoms with Crippen molar-refractivity contribution in [3.05, 3.63) is 51.6 Å². The number of hydrogen-bond donors (Lipinski definition) is 4. The molecule has 2 aliphatic carbocycles. The highest BCUT2D eigenvalue weighted by molar-refractivity contribution is 6.31. The van der Waals surface area contributed by atoms with Crippen molar-refractivity contribution in [2.24, 2.45) is 5.73 Å². The van der Waals surface area contributed by atoms with Crippen LogP contribution < -0.4 is 10.5 Å². The van der Waals surface area contributed by atoms with E-state index < -0.39 is 76.5 Å². The molecule has 1 heterocycles. The average Bonchev–Trinajstić information content (AvgIpc) is 2.88. The van der Waals surface area contributed by atoms with E-state index in [1.165, 1.54) is 39.3 Å². The van der Waals surface area contributed by atoms with Crippen LogP contribution in [0.2, 0.25) is 0 Å². The summed E-state index contributed by atoms with van der Waals surface area (Å²) in [6, 6.07) is 4.02. The van der Waals surface area contributed by atoms with Gasteiger partial charge in [-0.25, -0.2) is 0 Å². The fraction of sp³-hybridized carbons (Fsp3) is 0.464. The van der Waals surface area contributed by atoms with Crippen molar-refractivity contribution in [2.75, 3.05) is 14.2 Å². The first-order valence-corrected chi connectivity index (χ1v) is 12.6. The Morgan fingerprint density at radius 3 is 2.38 bits per heavy atom. The number of ether oxygens (including phenoxy) is 4. The first kappa shape index (κ1) is 29.9. The van der Waals surface area contributed by atoms with Crippen molar-refractivity contribution in [3.63, 3.8) is 0 Å². The predicted octanol–water partition coefficient (Wildman–Crippen LogP) is 2.10. The van der Waals surface area contributed by atoms with Crippen LogP contribution >= 0.6 is 12.4 Å². The highest BCUT2D eigenvalue weighted by Gasteiger charge is 2.49. The number of phenols is 2. The molecule has 0 bridgehead atoms. The molecule has 5 rings (SSSR count). The Labute approximate surface area is 236 Å². The molecule has 0 unspecified atom stereocenters. The molecule has 3 aliphatic rings. The zero-order chi connectivity index (χ0) is 28.4. The van der Waals surface area contributed by atoms with Crippen LogP contribution in [0.3, 0.4) is 0 Å². The number of aromatic hydroxyl groups is 2. The molecule has 216 valence electrons. The number of fused-ring (bicyclic) bond motifs is 3. The molecule has 11 nitrogen and oxygen atoms in total. The van der Waals surface area contributed by atoms with Crippen molar-refractivity contribution in [1.29, 1.82) is 0 Å². The molecule has 1 saturated heterocycles. The van der Waals surface area contributed by atoms with E-state index in [9.17, 15) is 29.7 Å². The van der Waals surface area contributed by atoms with Gasteiger partial charge in [0.2, 0.25) is 5.78 Å². The van der Waals surface area contributed by atoms with Crippen LogP contribution in [0.4, 0.5) is 0 Å². The van der Waals surface area contributed by atoms with Crippen molar-refractivity contribution < 1.29 is 48.7 Å². The van der Waals surface area contributed by atoms with E-state index in [2.05, 4.69) is 0 Å². The molecule has 40 heavy (non-hydrogen) atoms. The molecule has 2 aromatic carbocycles. The summed E-state index contributed by atoms with van der Waals surface area (Å²) >= 11 is 0. The van der Waals surface area contributed by atoms with E-state index in [1.807, 2.05) is 0 Å². The van der Waals surface area contributed by atoms with E-state index in [4.69, 9.17) is 24.7 Å². The van der Waals surface area contributed by atoms with Gasteiger partial charge < -0.3 is 40.0 Å².